The zero-order valence-electron chi connectivity index (χ0n) is 10.3. The maximum atomic E-state index is 10.5. The second-order valence-corrected chi connectivity index (χ2v) is 4.35. The molecule has 0 spiro atoms. The molecule has 1 fully saturated rings. The number of piperazine rings is 1. The van der Waals surface area contributed by atoms with Crippen LogP contribution in [0, 0.1) is 10.1 Å². The molecule has 0 unspecified atom stereocenters. The van der Waals surface area contributed by atoms with Crippen molar-refractivity contribution in [3.05, 3.63) is 39.9 Å². The quantitative estimate of drug-likeness (QED) is 0.458. The molecule has 0 N–H and O–H groups in total. The van der Waals surface area contributed by atoms with E-state index in [0.717, 1.165) is 31.7 Å². The van der Waals surface area contributed by atoms with Gasteiger partial charge in [0.1, 0.15) is 0 Å². The van der Waals surface area contributed by atoms with Crippen LogP contribution in [0.5, 0.6) is 0 Å². The number of non-ortho nitro benzene ring substituents is 1. The number of nitro benzene ring substituents is 1. The number of likely N-dealkylation sites (N-methyl/N-ethyl adjacent to an activating group) is 1. The Hall–Kier alpha value is -1.95. The highest BCUT2D eigenvalue weighted by Crippen LogP contribution is 2.10. The minimum Gasteiger partial charge on any atom is -0.303 e. The molecule has 1 aliphatic rings. The van der Waals surface area contributed by atoms with Crippen LogP contribution in [0.15, 0.2) is 29.4 Å². The van der Waals surface area contributed by atoms with Gasteiger partial charge in [-0.15, -0.1) is 0 Å². The lowest BCUT2D eigenvalue weighted by atomic mass is 10.2. The summed E-state index contributed by atoms with van der Waals surface area (Å²) in [5, 5.41) is 16.9. The van der Waals surface area contributed by atoms with Crippen LogP contribution in [0.25, 0.3) is 0 Å². The summed E-state index contributed by atoms with van der Waals surface area (Å²) in [7, 11) is 2.09. The van der Waals surface area contributed by atoms with Crippen molar-refractivity contribution in [2.75, 3.05) is 33.2 Å². The normalized spacial score (nSPS) is 17.3. The van der Waals surface area contributed by atoms with E-state index < -0.39 is 4.92 Å². The summed E-state index contributed by atoms with van der Waals surface area (Å²) in [5.74, 6) is 0. The number of rotatable bonds is 3. The molecule has 1 heterocycles. The molecule has 6 heteroatoms. The predicted octanol–water partition coefficient (Wildman–Crippen LogP) is 1.18. The predicted molar refractivity (Wildman–Crippen MR) is 69.8 cm³/mol. The van der Waals surface area contributed by atoms with Gasteiger partial charge in [0.15, 0.2) is 0 Å². The molecular formula is C12H16N4O2. The maximum Gasteiger partial charge on any atom is 0.269 e. The van der Waals surface area contributed by atoms with Crippen molar-refractivity contribution in [3.63, 3.8) is 0 Å². The topological polar surface area (TPSA) is 62.0 Å². The van der Waals surface area contributed by atoms with Crippen LogP contribution in [-0.2, 0) is 0 Å². The number of benzene rings is 1. The molecule has 0 atom stereocenters. The van der Waals surface area contributed by atoms with Crippen molar-refractivity contribution < 1.29 is 4.92 Å². The summed E-state index contributed by atoms with van der Waals surface area (Å²) in [6, 6.07) is 6.39. The van der Waals surface area contributed by atoms with Gasteiger partial charge >= 0.3 is 0 Å². The van der Waals surface area contributed by atoms with Crippen molar-refractivity contribution in [2.45, 2.75) is 0 Å². The average molecular weight is 248 g/mol. The van der Waals surface area contributed by atoms with E-state index in [-0.39, 0.29) is 5.69 Å². The Morgan fingerprint density at radius 1 is 1.22 bits per heavy atom. The fraction of sp³-hybridized carbons (Fsp3) is 0.417. The van der Waals surface area contributed by atoms with Gasteiger partial charge in [-0.2, -0.15) is 5.10 Å². The Bertz CT molecular complexity index is 436. The van der Waals surface area contributed by atoms with Crippen LogP contribution in [0.2, 0.25) is 0 Å². The van der Waals surface area contributed by atoms with Crippen molar-refractivity contribution in [1.82, 2.24) is 9.91 Å². The second-order valence-electron chi connectivity index (χ2n) is 4.35. The highest BCUT2D eigenvalue weighted by Gasteiger charge is 2.10. The van der Waals surface area contributed by atoms with Gasteiger partial charge in [0.2, 0.25) is 0 Å². The van der Waals surface area contributed by atoms with Crippen molar-refractivity contribution in [2.24, 2.45) is 5.10 Å². The third-order valence-corrected chi connectivity index (χ3v) is 2.95. The van der Waals surface area contributed by atoms with Crippen molar-refractivity contribution >= 4 is 11.9 Å². The monoisotopic (exact) mass is 248 g/mol. The second kappa shape index (κ2) is 5.59. The van der Waals surface area contributed by atoms with Gasteiger partial charge in [0.05, 0.1) is 11.1 Å². The number of hydrogen-bond donors (Lipinski definition) is 0. The van der Waals surface area contributed by atoms with Gasteiger partial charge in [-0.3, -0.25) is 15.1 Å². The Morgan fingerprint density at radius 2 is 1.83 bits per heavy atom. The minimum atomic E-state index is -0.401. The number of nitro groups is 1. The lowest BCUT2D eigenvalue weighted by Gasteiger charge is -2.30. The summed E-state index contributed by atoms with van der Waals surface area (Å²) in [4.78, 5) is 12.4. The molecule has 1 aromatic rings. The van der Waals surface area contributed by atoms with Gasteiger partial charge in [-0.25, -0.2) is 0 Å². The maximum absolute atomic E-state index is 10.5. The number of hydrazone groups is 1. The molecule has 0 radical (unpaired) electrons. The van der Waals surface area contributed by atoms with E-state index in [2.05, 4.69) is 17.0 Å². The zero-order valence-corrected chi connectivity index (χ0v) is 10.3. The first-order chi connectivity index (χ1) is 8.65. The molecular weight excluding hydrogens is 232 g/mol. The molecule has 0 saturated carbocycles. The number of nitrogens with zero attached hydrogens (tertiary/aromatic N) is 4. The first kappa shape index (κ1) is 12.5. The van der Waals surface area contributed by atoms with Gasteiger partial charge in [-0.05, 0) is 24.7 Å². The standard InChI is InChI=1S/C12H16N4O2/c1-14-6-8-15(9-7-14)13-10-11-2-4-12(5-3-11)16(17)18/h2-5,10H,6-9H2,1H3. The van der Waals surface area contributed by atoms with E-state index in [4.69, 9.17) is 0 Å². The molecule has 1 aliphatic heterocycles. The Kier molecular flexibility index (Phi) is 3.88. The Balaban J connectivity index is 1.94. The molecule has 2 rings (SSSR count). The lowest BCUT2D eigenvalue weighted by Crippen LogP contribution is -2.41. The molecule has 0 aliphatic carbocycles. The zero-order chi connectivity index (χ0) is 13.0. The van der Waals surface area contributed by atoms with E-state index in [1.165, 1.54) is 12.1 Å². The van der Waals surface area contributed by atoms with Crippen molar-refractivity contribution in [1.29, 1.82) is 0 Å². The molecule has 6 nitrogen and oxygen atoms in total. The molecule has 0 bridgehead atoms. The van der Waals surface area contributed by atoms with Gasteiger partial charge in [0, 0.05) is 38.3 Å². The van der Waals surface area contributed by atoms with E-state index in [1.54, 1.807) is 18.3 Å². The summed E-state index contributed by atoms with van der Waals surface area (Å²) in [5.41, 5.74) is 0.978. The summed E-state index contributed by atoms with van der Waals surface area (Å²) in [6.45, 7) is 3.86. The third kappa shape index (κ3) is 3.27. The summed E-state index contributed by atoms with van der Waals surface area (Å²) < 4.78 is 0. The lowest BCUT2D eigenvalue weighted by molar-refractivity contribution is -0.384. The van der Waals surface area contributed by atoms with Gasteiger partial charge in [0.25, 0.3) is 5.69 Å². The van der Waals surface area contributed by atoms with E-state index in [0.29, 0.717) is 0 Å². The van der Waals surface area contributed by atoms with E-state index >= 15 is 0 Å². The van der Waals surface area contributed by atoms with Crippen LogP contribution in [0.1, 0.15) is 5.56 Å². The average Bonchev–Trinajstić information content (AvgIpc) is 2.38. The summed E-state index contributed by atoms with van der Waals surface area (Å²) >= 11 is 0. The van der Waals surface area contributed by atoms with Crippen LogP contribution in [-0.4, -0.2) is 54.3 Å². The third-order valence-electron chi connectivity index (χ3n) is 2.95. The fourth-order valence-electron chi connectivity index (χ4n) is 1.74. The number of hydrogen-bond acceptors (Lipinski definition) is 5. The van der Waals surface area contributed by atoms with E-state index in [1.807, 2.05) is 5.01 Å². The first-order valence-corrected chi connectivity index (χ1v) is 5.87. The van der Waals surface area contributed by atoms with E-state index in [9.17, 15) is 10.1 Å². The molecule has 0 aromatic heterocycles. The first-order valence-electron chi connectivity index (χ1n) is 5.87. The molecule has 18 heavy (non-hydrogen) atoms. The fourth-order valence-corrected chi connectivity index (χ4v) is 1.74. The molecule has 1 saturated heterocycles. The Labute approximate surface area is 106 Å². The SMILES string of the molecule is CN1CCN(N=Cc2ccc([N+](=O)[O-])cc2)CC1. The van der Waals surface area contributed by atoms with Crippen LogP contribution in [0.4, 0.5) is 5.69 Å². The Morgan fingerprint density at radius 3 is 2.39 bits per heavy atom. The van der Waals surface area contributed by atoms with Gasteiger partial charge < -0.3 is 4.90 Å². The van der Waals surface area contributed by atoms with Crippen LogP contribution >= 0.6 is 0 Å². The molecule has 0 amide bonds. The minimum absolute atomic E-state index is 0.103. The highest BCUT2D eigenvalue weighted by atomic mass is 16.6. The molecule has 1 aromatic carbocycles. The van der Waals surface area contributed by atoms with Crippen LogP contribution < -0.4 is 0 Å². The highest BCUT2D eigenvalue weighted by molar-refractivity contribution is 5.79. The van der Waals surface area contributed by atoms with Crippen LogP contribution in [0.3, 0.4) is 0 Å². The summed E-state index contributed by atoms with van der Waals surface area (Å²) in [6.07, 6.45) is 1.75. The van der Waals surface area contributed by atoms with Gasteiger partial charge in [-0.1, -0.05) is 0 Å². The molecule has 96 valence electrons. The largest absolute Gasteiger partial charge is 0.303 e. The smallest absolute Gasteiger partial charge is 0.269 e. The van der Waals surface area contributed by atoms with Crippen molar-refractivity contribution in [3.8, 4) is 0 Å².